The largest absolute Gasteiger partial charge is 0.348 e. The van der Waals surface area contributed by atoms with E-state index in [9.17, 15) is 9.59 Å². The van der Waals surface area contributed by atoms with Crippen LogP contribution in [0.25, 0.3) is 0 Å². The van der Waals surface area contributed by atoms with Gasteiger partial charge in [0.1, 0.15) is 6.04 Å². The molecule has 3 atom stereocenters. The van der Waals surface area contributed by atoms with Crippen LogP contribution < -0.4 is 5.32 Å². The van der Waals surface area contributed by atoms with Crippen LogP contribution in [0.5, 0.6) is 0 Å². The van der Waals surface area contributed by atoms with Crippen molar-refractivity contribution < 1.29 is 9.59 Å². The molecule has 24 heavy (non-hydrogen) atoms. The number of nitrogens with zero attached hydrogens (tertiary/aromatic N) is 2. The number of hydrogen-bond acceptors (Lipinski definition) is 3. The molecule has 3 saturated carbocycles. The molecule has 6 heteroatoms. The Morgan fingerprint density at radius 2 is 1.88 bits per heavy atom. The molecule has 130 valence electrons. The summed E-state index contributed by atoms with van der Waals surface area (Å²) in [6.07, 6.45) is 9.17. The van der Waals surface area contributed by atoms with Crippen molar-refractivity contribution in [1.29, 1.82) is 0 Å². The summed E-state index contributed by atoms with van der Waals surface area (Å²) in [5.74, 6) is 2.89. The molecule has 2 N–H and O–H groups in total. The number of carbonyl (C=O) groups is 2. The molecule has 0 aromatic carbocycles. The van der Waals surface area contributed by atoms with Crippen LogP contribution in [-0.2, 0) is 16.0 Å². The Morgan fingerprint density at radius 1 is 1.25 bits per heavy atom. The van der Waals surface area contributed by atoms with Gasteiger partial charge in [-0.15, -0.1) is 0 Å². The third-order valence-corrected chi connectivity index (χ3v) is 6.41. The van der Waals surface area contributed by atoms with E-state index in [1.165, 1.54) is 32.6 Å². The molecule has 1 aromatic rings. The van der Waals surface area contributed by atoms with E-state index < -0.39 is 6.04 Å². The van der Waals surface area contributed by atoms with E-state index in [1.807, 2.05) is 4.90 Å². The third-order valence-electron chi connectivity index (χ3n) is 6.41. The Kier molecular flexibility index (Phi) is 4.06. The number of hydrogen-bond donors (Lipinski definition) is 2. The minimum atomic E-state index is -0.499. The second-order valence-electron chi connectivity index (χ2n) is 7.78. The molecule has 4 aliphatic rings. The van der Waals surface area contributed by atoms with E-state index in [-0.39, 0.29) is 11.8 Å². The Bertz CT molecular complexity index is 587. The summed E-state index contributed by atoms with van der Waals surface area (Å²) in [5, 5.41) is 2.84. The molecule has 1 saturated heterocycles. The Labute approximate surface area is 142 Å². The van der Waals surface area contributed by atoms with Crippen molar-refractivity contribution in [3.63, 3.8) is 0 Å². The van der Waals surface area contributed by atoms with Crippen molar-refractivity contribution in [1.82, 2.24) is 20.2 Å². The lowest BCUT2D eigenvalue weighted by molar-refractivity contribution is -0.135. The highest BCUT2D eigenvalue weighted by Gasteiger charge is 2.49. The van der Waals surface area contributed by atoms with Gasteiger partial charge in [-0.3, -0.25) is 9.59 Å². The fourth-order valence-corrected chi connectivity index (χ4v) is 5.31. The zero-order chi connectivity index (χ0) is 16.7. The predicted octanol–water partition coefficient (Wildman–Crippen LogP) is 1.35. The summed E-state index contributed by atoms with van der Waals surface area (Å²) in [4.78, 5) is 33.7. The van der Waals surface area contributed by atoms with E-state index in [0.717, 1.165) is 30.6 Å². The van der Waals surface area contributed by atoms with Gasteiger partial charge in [-0.05, 0) is 49.4 Å². The topological polar surface area (TPSA) is 78.1 Å². The van der Waals surface area contributed by atoms with Crippen molar-refractivity contribution in [2.24, 2.45) is 23.7 Å². The lowest BCUT2D eigenvalue weighted by Gasteiger charge is -2.44. The number of rotatable bonds is 4. The summed E-state index contributed by atoms with van der Waals surface area (Å²) >= 11 is 0. The molecular weight excluding hydrogens is 304 g/mol. The van der Waals surface area contributed by atoms with Crippen LogP contribution in [0.15, 0.2) is 12.5 Å². The average molecular weight is 330 g/mol. The molecule has 1 aromatic heterocycles. The van der Waals surface area contributed by atoms with E-state index in [4.69, 9.17) is 0 Å². The van der Waals surface area contributed by atoms with Crippen molar-refractivity contribution in [3.05, 3.63) is 18.2 Å². The zero-order valence-electron chi connectivity index (χ0n) is 14.2. The highest BCUT2D eigenvalue weighted by molar-refractivity contribution is 5.87. The maximum absolute atomic E-state index is 13.1. The van der Waals surface area contributed by atoms with Crippen LogP contribution in [0.2, 0.25) is 0 Å². The number of nitrogens with one attached hydrogen (secondary N) is 2. The molecule has 2 heterocycles. The molecule has 0 radical (unpaired) electrons. The number of aromatic nitrogens is 2. The van der Waals surface area contributed by atoms with Crippen LogP contribution >= 0.6 is 0 Å². The molecule has 5 rings (SSSR count). The lowest BCUT2D eigenvalue weighted by Crippen LogP contribution is -2.48. The molecule has 4 fully saturated rings. The first-order chi connectivity index (χ1) is 11.6. The van der Waals surface area contributed by atoms with Crippen molar-refractivity contribution in [2.45, 2.75) is 45.1 Å². The Balaban J connectivity index is 1.47. The van der Waals surface area contributed by atoms with Gasteiger partial charge in [-0.25, -0.2) is 4.98 Å². The molecule has 2 amide bonds. The summed E-state index contributed by atoms with van der Waals surface area (Å²) in [5.41, 5.74) is 0.874. The summed E-state index contributed by atoms with van der Waals surface area (Å²) in [6.45, 7) is 3.23. The normalized spacial score (nSPS) is 32.5. The van der Waals surface area contributed by atoms with E-state index in [2.05, 4.69) is 15.3 Å². The first-order valence-corrected chi connectivity index (χ1v) is 9.15. The van der Waals surface area contributed by atoms with Gasteiger partial charge in [0, 0.05) is 38.3 Å². The van der Waals surface area contributed by atoms with Gasteiger partial charge in [0.25, 0.3) is 0 Å². The number of amides is 2. The van der Waals surface area contributed by atoms with Gasteiger partial charge in [0.15, 0.2) is 0 Å². The van der Waals surface area contributed by atoms with Gasteiger partial charge < -0.3 is 15.2 Å². The SMILES string of the molecule is CC(=O)N[C@@H](Cc1cnc[nH]1)C(=O)N1C[C@@H]2C3CCC(CC3)[C@@H]2C1. The molecule has 0 spiro atoms. The first-order valence-electron chi connectivity index (χ1n) is 9.15. The number of aromatic amines is 1. The number of imidazole rings is 1. The fourth-order valence-electron chi connectivity index (χ4n) is 5.31. The Morgan fingerprint density at radius 3 is 2.38 bits per heavy atom. The standard InChI is InChI=1S/C18H26N4O2/c1-11(23)21-17(6-14-7-19-10-20-14)18(24)22-8-15-12-2-3-13(5-4-12)16(15)9-22/h7,10,12-13,15-17H,2-6,8-9H2,1H3,(H,19,20)(H,21,23)/t12?,13?,15-,16+,17-/m0/s1. The Hall–Kier alpha value is -1.85. The van der Waals surface area contributed by atoms with Crippen LogP contribution in [0, 0.1) is 23.7 Å². The molecule has 3 aliphatic carbocycles. The van der Waals surface area contributed by atoms with Gasteiger partial charge in [0.05, 0.1) is 6.33 Å². The predicted molar refractivity (Wildman–Crippen MR) is 88.9 cm³/mol. The minimum Gasteiger partial charge on any atom is -0.348 e. The number of fused-ring (bicyclic) bond motifs is 2. The van der Waals surface area contributed by atoms with E-state index >= 15 is 0 Å². The second-order valence-corrected chi connectivity index (χ2v) is 7.78. The monoisotopic (exact) mass is 330 g/mol. The van der Waals surface area contributed by atoms with Crippen molar-refractivity contribution in [2.75, 3.05) is 13.1 Å². The van der Waals surface area contributed by atoms with Gasteiger partial charge >= 0.3 is 0 Å². The van der Waals surface area contributed by atoms with Crippen LogP contribution in [0.1, 0.15) is 38.3 Å². The third kappa shape index (κ3) is 2.82. The van der Waals surface area contributed by atoms with Crippen LogP contribution in [0.3, 0.4) is 0 Å². The summed E-state index contributed by atoms with van der Waals surface area (Å²) in [7, 11) is 0. The van der Waals surface area contributed by atoms with Gasteiger partial charge in [-0.2, -0.15) is 0 Å². The molecule has 2 bridgehead atoms. The zero-order valence-corrected chi connectivity index (χ0v) is 14.2. The first kappa shape index (κ1) is 15.7. The summed E-state index contributed by atoms with van der Waals surface area (Å²) in [6, 6.07) is -0.499. The van der Waals surface area contributed by atoms with Crippen molar-refractivity contribution in [3.8, 4) is 0 Å². The number of likely N-dealkylation sites (tertiary alicyclic amines) is 1. The molecule has 0 unspecified atom stereocenters. The highest BCUT2D eigenvalue weighted by Crippen LogP contribution is 2.51. The maximum Gasteiger partial charge on any atom is 0.245 e. The van der Waals surface area contributed by atoms with E-state index in [1.54, 1.807) is 12.5 Å². The number of H-pyrrole nitrogens is 1. The van der Waals surface area contributed by atoms with Gasteiger partial charge in [-0.1, -0.05) is 0 Å². The van der Waals surface area contributed by atoms with E-state index in [0.29, 0.717) is 18.3 Å². The minimum absolute atomic E-state index is 0.0635. The molecular formula is C18H26N4O2. The fraction of sp³-hybridized carbons (Fsp3) is 0.722. The lowest BCUT2D eigenvalue weighted by atomic mass is 9.60. The number of carbonyl (C=O) groups excluding carboxylic acids is 2. The highest BCUT2D eigenvalue weighted by atomic mass is 16.2. The average Bonchev–Trinajstić information content (AvgIpc) is 3.24. The quantitative estimate of drug-likeness (QED) is 0.875. The van der Waals surface area contributed by atoms with Crippen molar-refractivity contribution >= 4 is 11.8 Å². The molecule has 6 nitrogen and oxygen atoms in total. The molecule has 1 aliphatic heterocycles. The smallest absolute Gasteiger partial charge is 0.245 e. The second kappa shape index (κ2) is 6.22. The van der Waals surface area contributed by atoms with Crippen LogP contribution in [0.4, 0.5) is 0 Å². The van der Waals surface area contributed by atoms with Crippen LogP contribution in [-0.4, -0.2) is 45.8 Å². The van der Waals surface area contributed by atoms with Gasteiger partial charge in [0.2, 0.25) is 11.8 Å². The maximum atomic E-state index is 13.1. The summed E-state index contributed by atoms with van der Waals surface area (Å²) < 4.78 is 0.